The first-order valence-corrected chi connectivity index (χ1v) is 7.98. The van der Waals surface area contributed by atoms with Gasteiger partial charge in [-0.05, 0) is 49.6 Å². The molecule has 0 atom stereocenters. The predicted octanol–water partition coefficient (Wildman–Crippen LogP) is 2.06. The molecule has 1 aromatic carbocycles. The van der Waals surface area contributed by atoms with Crippen molar-refractivity contribution in [3.8, 4) is 11.1 Å². The Kier molecular flexibility index (Phi) is 3.09. The van der Waals surface area contributed by atoms with Crippen molar-refractivity contribution in [2.45, 2.75) is 12.8 Å². The average Bonchev–Trinajstić information content (AvgIpc) is 3.18. The zero-order chi connectivity index (χ0) is 20.8. The largest absolute Gasteiger partial charge is 0.308 e. The van der Waals surface area contributed by atoms with Gasteiger partial charge < -0.3 is 5.32 Å². The molecule has 1 N–H and O–H groups in total. The van der Waals surface area contributed by atoms with Crippen LogP contribution in [-0.2, 0) is 11.8 Å². The smallest absolute Gasteiger partial charge is 0.239 e. The summed E-state index contributed by atoms with van der Waals surface area (Å²) < 4.78 is 33.4. The summed E-state index contributed by atoms with van der Waals surface area (Å²) in [5.74, 6) is -0.317. The van der Waals surface area contributed by atoms with Gasteiger partial charge in [0, 0.05) is 29.7 Å². The highest BCUT2D eigenvalue weighted by Crippen LogP contribution is 2.24. The number of aromatic nitrogens is 4. The molecule has 4 rings (SSSR count). The van der Waals surface area contributed by atoms with Gasteiger partial charge in [0.15, 0.2) is 5.82 Å². The van der Waals surface area contributed by atoms with Gasteiger partial charge in [0.25, 0.3) is 0 Å². The molecular weight excluding hydrogens is 316 g/mol. The highest BCUT2D eigenvalue weighted by atomic mass is 16.2. The minimum Gasteiger partial charge on any atom is -0.308 e. The van der Waals surface area contributed by atoms with E-state index >= 15 is 0 Å². The summed E-state index contributed by atoms with van der Waals surface area (Å²) in [6.07, 6.45) is 3.74. The Morgan fingerprint density at radius 2 is 2.08 bits per heavy atom. The summed E-state index contributed by atoms with van der Waals surface area (Å²) in [4.78, 5) is 13.4. The lowest BCUT2D eigenvalue weighted by atomic mass is 10.1. The van der Waals surface area contributed by atoms with E-state index in [1.807, 2.05) is 31.4 Å². The van der Waals surface area contributed by atoms with Crippen molar-refractivity contribution in [2.75, 3.05) is 24.9 Å². The number of benzene rings is 1. The van der Waals surface area contributed by atoms with Crippen molar-refractivity contribution in [1.29, 1.82) is 0 Å². The SMILES string of the molecule is [2H]C1([2H])CCC([2H])([2H])N1CC(=O)Nc1cc2cc(-c3cnn(C)c3)ccc2nn1. The van der Waals surface area contributed by atoms with Crippen LogP contribution in [0.1, 0.15) is 18.3 Å². The molecule has 1 saturated heterocycles. The molecule has 0 aliphatic carbocycles. The average molecular weight is 340 g/mol. The third-order valence-electron chi connectivity index (χ3n) is 3.92. The number of amides is 1. The van der Waals surface area contributed by atoms with Gasteiger partial charge in [0.2, 0.25) is 5.91 Å². The summed E-state index contributed by atoms with van der Waals surface area (Å²) in [7, 11) is 1.84. The van der Waals surface area contributed by atoms with E-state index in [4.69, 9.17) is 5.48 Å². The fraction of sp³-hybridized carbons (Fsp3) is 0.333. The maximum absolute atomic E-state index is 12.4. The van der Waals surface area contributed by atoms with E-state index in [1.54, 1.807) is 16.9 Å². The van der Waals surface area contributed by atoms with Gasteiger partial charge in [-0.1, -0.05) is 6.07 Å². The van der Waals surface area contributed by atoms with E-state index in [9.17, 15) is 4.79 Å². The van der Waals surface area contributed by atoms with Crippen LogP contribution in [0.4, 0.5) is 5.82 Å². The number of likely N-dealkylation sites (tertiary alicyclic amines) is 1. The summed E-state index contributed by atoms with van der Waals surface area (Å²) in [6, 6.07) is 7.37. The van der Waals surface area contributed by atoms with Crippen LogP contribution >= 0.6 is 0 Å². The molecule has 3 heterocycles. The lowest BCUT2D eigenvalue weighted by Gasteiger charge is -2.13. The zero-order valence-corrected chi connectivity index (χ0v) is 13.7. The number of carbonyl (C=O) groups excluding carboxylic acids is 1. The number of nitrogens with one attached hydrogen (secondary N) is 1. The molecule has 1 aliphatic rings. The summed E-state index contributed by atoms with van der Waals surface area (Å²) in [5.41, 5.74) is 2.58. The van der Waals surface area contributed by atoms with Crippen molar-refractivity contribution in [3.05, 3.63) is 36.7 Å². The maximum atomic E-state index is 12.4. The molecule has 7 nitrogen and oxygen atoms in total. The van der Waals surface area contributed by atoms with Crippen molar-refractivity contribution >= 4 is 22.6 Å². The Balaban J connectivity index is 1.54. The molecule has 3 aromatic rings. The Hall–Kier alpha value is -2.80. The number of carbonyl (C=O) groups is 1. The lowest BCUT2D eigenvalue weighted by Crippen LogP contribution is -2.31. The molecule has 128 valence electrons. The Bertz CT molecular complexity index is 1070. The first-order chi connectivity index (χ1) is 13.6. The van der Waals surface area contributed by atoms with Gasteiger partial charge in [0.1, 0.15) is 0 Å². The van der Waals surface area contributed by atoms with Gasteiger partial charge in [-0.3, -0.25) is 14.4 Å². The predicted molar refractivity (Wildman–Crippen MR) is 96.0 cm³/mol. The molecule has 0 saturated carbocycles. The minimum atomic E-state index is -1.87. The second-order valence-corrected chi connectivity index (χ2v) is 5.86. The van der Waals surface area contributed by atoms with E-state index in [0.717, 1.165) is 21.4 Å². The Morgan fingerprint density at radius 3 is 2.84 bits per heavy atom. The second kappa shape index (κ2) is 6.60. The fourth-order valence-electron chi connectivity index (χ4n) is 2.73. The van der Waals surface area contributed by atoms with Gasteiger partial charge in [-0.15, -0.1) is 10.2 Å². The van der Waals surface area contributed by atoms with Crippen LogP contribution in [0.5, 0.6) is 0 Å². The first kappa shape index (κ1) is 11.7. The van der Waals surface area contributed by atoms with E-state index in [-0.39, 0.29) is 18.7 Å². The van der Waals surface area contributed by atoms with Crippen molar-refractivity contribution in [3.63, 3.8) is 0 Å². The Labute approximate surface area is 151 Å². The summed E-state index contributed by atoms with van der Waals surface area (Å²) in [5, 5.41) is 15.7. The number of anilines is 1. The van der Waals surface area contributed by atoms with E-state index in [2.05, 4.69) is 20.6 Å². The van der Waals surface area contributed by atoms with Crippen LogP contribution in [0.15, 0.2) is 36.7 Å². The minimum absolute atomic E-state index is 0.0418. The first-order valence-electron chi connectivity index (χ1n) is 9.98. The van der Waals surface area contributed by atoms with E-state index < -0.39 is 25.4 Å². The van der Waals surface area contributed by atoms with Gasteiger partial charge >= 0.3 is 0 Å². The highest BCUT2D eigenvalue weighted by Gasteiger charge is 2.15. The van der Waals surface area contributed by atoms with Crippen LogP contribution in [0.2, 0.25) is 0 Å². The number of hydrogen-bond acceptors (Lipinski definition) is 5. The lowest BCUT2D eigenvalue weighted by molar-refractivity contribution is -0.117. The second-order valence-electron chi connectivity index (χ2n) is 5.86. The summed E-state index contributed by atoms with van der Waals surface area (Å²) >= 11 is 0. The van der Waals surface area contributed by atoms with Crippen LogP contribution < -0.4 is 5.32 Å². The van der Waals surface area contributed by atoms with Crippen molar-refractivity contribution in [1.82, 2.24) is 24.9 Å². The normalized spacial score (nSPS) is 21.3. The highest BCUT2D eigenvalue weighted by molar-refractivity contribution is 5.93. The molecule has 1 fully saturated rings. The van der Waals surface area contributed by atoms with Crippen LogP contribution in [0.25, 0.3) is 22.0 Å². The molecular formula is C18H20N6O. The number of hydrogen-bond donors (Lipinski definition) is 1. The van der Waals surface area contributed by atoms with E-state index in [0.29, 0.717) is 5.52 Å². The monoisotopic (exact) mass is 340 g/mol. The van der Waals surface area contributed by atoms with Gasteiger partial charge in [-0.25, -0.2) is 0 Å². The fourth-order valence-corrected chi connectivity index (χ4v) is 2.73. The molecule has 1 amide bonds. The molecule has 0 spiro atoms. The van der Waals surface area contributed by atoms with Crippen LogP contribution in [-0.4, -0.2) is 50.3 Å². The van der Waals surface area contributed by atoms with Crippen molar-refractivity contribution < 1.29 is 10.3 Å². The zero-order valence-electron chi connectivity index (χ0n) is 17.7. The maximum Gasteiger partial charge on any atom is 0.239 e. The van der Waals surface area contributed by atoms with Gasteiger partial charge in [0.05, 0.1) is 18.3 Å². The van der Waals surface area contributed by atoms with Gasteiger partial charge in [-0.2, -0.15) is 5.10 Å². The molecule has 1 aliphatic heterocycles. The van der Waals surface area contributed by atoms with Crippen LogP contribution in [0.3, 0.4) is 0 Å². The van der Waals surface area contributed by atoms with E-state index in [1.165, 1.54) is 0 Å². The molecule has 25 heavy (non-hydrogen) atoms. The molecule has 0 bridgehead atoms. The number of aryl methyl sites for hydroxylation is 1. The number of fused-ring (bicyclic) bond motifs is 1. The Morgan fingerprint density at radius 1 is 1.24 bits per heavy atom. The number of rotatable bonds is 4. The number of nitrogens with zero attached hydrogens (tertiary/aromatic N) is 5. The van der Waals surface area contributed by atoms with Crippen molar-refractivity contribution in [2.24, 2.45) is 7.05 Å². The topological polar surface area (TPSA) is 75.9 Å². The standard InChI is InChI=1S/C18H20N6O/c1-23-11-15(10-19-23)13-4-5-16-14(8-13)9-17(22-21-16)20-18(25)12-24-6-2-3-7-24/h4-5,8-11H,2-3,6-7,12H2,1H3,(H,20,22,25)/i6D2,7D2. The van der Waals surface area contributed by atoms with Crippen LogP contribution in [0, 0.1) is 0 Å². The molecule has 0 unspecified atom stereocenters. The molecule has 0 radical (unpaired) electrons. The quantitative estimate of drug-likeness (QED) is 0.787. The third-order valence-corrected chi connectivity index (χ3v) is 3.92. The molecule has 7 heteroatoms. The molecule has 2 aromatic heterocycles. The third kappa shape index (κ3) is 3.51. The summed E-state index contributed by atoms with van der Waals surface area (Å²) in [6.45, 7) is -4.14.